The van der Waals surface area contributed by atoms with Crippen LogP contribution in [0.4, 0.5) is 5.69 Å². The van der Waals surface area contributed by atoms with E-state index in [0.29, 0.717) is 10.8 Å². The zero-order valence-electron chi connectivity index (χ0n) is 11.7. The lowest BCUT2D eigenvalue weighted by Crippen LogP contribution is -2.01. The number of hydrogen-bond acceptors (Lipinski definition) is 2. The second-order valence-electron chi connectivity index (χ2n) is 4.66. The van der Waals surface area contributed by atoms with Crippen LogP contribution in [0.25, 0.3) is 0 Å². The molecule has 0 aliphatic carbocycles. The first-order valence-electron chi connectivity index (χ1n) is 6.22. The van der Waals surface area contributed by atoms with Gasteiger partial charge in [-0.1, -0.05) is 11.6 Å². The van der Waals surface area contributed by atoms with Crippen LogP contribution >= 0.6 is 11.6 Å². The minimum Gasteiger partial charge on any atom is -0.495 e. The predicted molar refractivity (Wildman–Crippen MR) is 80.2 cm³/mol. The van der Waals surface area contributed by atoms with Gasteiger partial charge in [-0.25, -0.2) is 0 Å². The Morgan fingerprint density at radius 3 is 2.53 bits per heavy atom. The Labute approximate surface area is 119 Å². The number of halogens is 1. The van der Waals surface area contributed by atoms with Crippen molar-refractivity contribution >= 4 is 17.3 Å². The number of aromatic nitrogens is 1. The minimum atomic E-state index is 0.619. The first kappa shape index (κ1) is 13.8. The highest BCUT2D eigenvalue weighted by Gasteiger charge is 2.06. The normalized spacial score (nSPS) is 10.6. The van der Waals surface area contributed by atoms with Gasteiger partial charge >= 0.3 is 0 Å². The molecule has 0 atom stereocenters. The summed E-state index contributed by atoms with van der Waals surface area (Å²) in [6.45, 7) is 5.03. The van der Waals surface area contributed by atoms with Crippen molar-refractivity contribution in [3.8, 4) is 5.75 Å². The molecular weight excluding hydrogens is 260 g/mol. The molecule has 0 unspecified atom stereocenters. The highest BCUT2D eigenvalue weighted by Crippen LogP contribution is 2.27. The average Bonchev–Trinajstić information content (AvgIpc) is 2.64. The summed E-state index contributed by atoms with van der Waals surface area (Å²) < 4.78 is 7.33. The Hall–Kier alpha value is -1.61. The van der Waals surface area contributed by atoms with E-state index in [4.69, 9.17) is 16.3 Å². The molecule has 0 fully saturated rings. The summed E-state index contributed by atoms with van der Waals surface area (Å²) >= 11 is 6.10. The van der Waals surface area contributed by atoms with Crippen LogP contribution in [0.15, 0.2) is 24.3 Å². The molecule has 2 aromatic rings. The van der Waals surface area contributed by atoms with Crippen LogP contribution in [0.1, 0.15) is 17.0 Å². The number of benzene rings is 1. The molecule has 2 rings (SSSR count). The Morgan fingerprint density at radius 1 is 1.26 bits per heavy atom. The molecule has 1 N–H and O–H groups in total. The van der Waals surface area contributed by atoms with Gasteiger partial charge in [0.2, 0.25) is 0 Å². The molecule has 0 spiro atoms. The van der Waals surface area contributed by atoms with E-state index in [-0.39, 0.29) is 0 Å². The number of rotatable bonds is 4. The fourth-order valence-electron chi connectivity index (χ4n) is 2.09. The van der Waals surface area contributed by atoms with Crippen LogP contribution in [0, 0.1) is 13.8 Å². The van der Waals surface area contributed by atoms with Crippen molar-refractivity contribution in [3.05, 3.63) is 46.2 Å². The van der Waals surface area contributed by atoms with Crippen molar-refractivity contribution in [1.82, 2.24) is 4.57 Å². The zero-order valence-corrected chi connectivity index (χ0v) is 12.5. The highest BCUT2D eigenvalue weighted by atomic mass is 35.5. The molecule has 1 heterocycles. The summed E-state index contributed by atoms with van der Waals surface area (Å²) in [4.78, 5) is 0. The van der Waals surface area contributed by atoms with Gasteiger partial charge in [-0.05, 0) is 43.7 Å². The van der Waals surface area contributed by atoms with E-state index in [1.54, 1.807) is 7.11 Å². The number of anilines is 1. The minimum absolute atomic E-state index is 0.619. The van der Waals surface area contributed by atoms with Crippen molar-refractivity contribution in [2.45, 2.75) is 20.4 Å². The molecule has 0 saturated heterocycles. The molecule has 102 valence electrons. The fraction of sp³-hybridized carbons (Fsp3) is 0.333. The van der Waals surface area contributed by atoms with Crippen LogP contribution < -0.4 is 10.1 Å². The SMILES string of the molecule is COc1ccc(NCc2cc(C)n(C)c2C)cc1Cl. The Morgan fingerprint density at radius 2 is 2.00 bits per heavy atom. The number of nitrogens with zero attached hydrogens (tertiary/aromatic N) is 1. The van der Waals surface area contributed by atoms with Gasteiger partial charge in [0.25, 0.3) is 0 Å². The number of aryl methyl sites for hydroxylation is 1. The average molecular weight is 279 g/mol. The van der Waals surface area contributed by atoms with Crippen LogP contribution in [0.3, 0.4) is 0 Å². The largest absolute Gasteiger partial charge is 0.495 e. The van der Waals surface area contributed by atoms with Gasteiger partial charge in [0, 0.05) is 30.7 Å². The number of hydrogen-bond donors (Lipinski definition) is 1. The maximum Gasteiger partial charge on any atom is 0.137 e. The first-order valence-corrected chi connectivity index (χ1v) is 6.60. The van der Waals surface area contributed by atoms with Gasteiger partial charge in [-0.15, -0.1) is 0 Å². The van der Waals surface area contributed by atoms with E-state index in [1.807, 2.05) is 18.2 Å². The number of nitrogens with one attached hydrogen (secondary N) is 1. The Bertz CT molecular complexity index is 590. The van der Waals surface area contributed by atoms with E-state index in [1.165, 1.54) is 17.0 Å². The molecule has 0 saturated carbocycles. The topological polar surface area (TPSA) is 26.2 Å². The van der Waals surface area contributed by atoms with Crippen LogP contribution in [-0.2, 0) is 13.6 Å². The molecule has 1 aromatic heterocycles. The summed E-state index contributed by atoms with van der Waals surface area (Å²) in [5, 5.41) is 4.00. The van der Waals surface area contributed by atoms with Gasteiger partial charge < -0.3 is 14.6 Å². The van der Waals surface area contributed by atoms with Crippen molar-refractivity contribution in [1.29, 1.82) is 0 Å². The molecule has 1 aromatic carbocycles. The maximum absolute atomic E-state index is 6.10. The van der Waals surface area contributed by atoms with E-state index < -0.39 is 0 Å². The van der Waals surface area contributed by atoms with Gasteiger partial charge in [0.05, 0.1) is 12.1 Å². The molecule has 0 aliphatic heterocycles. The van der Waals surface area contributed by atoms with Crippen molar-refractivity contribution in [2.75, 3.05) is 12.4 Å². The quantitative estimate of drug-likeness (QED) is 0.917. The van der Waals surface area contributed by atoms with E-state index >= 15 is 0 Å². The van der Waals surface area contributed by atoms with Gasteiger partial charge in [0.1, 0.15) is 5.75 Å². The second-order valence-corrected chi connectivity index (χ2v) is 5.07. The van der Waals surface area contributed by atoms with Crippen molar-refractivity contribution in [2.24, 2.45) is 7.05 Å². The molecule has 0 amide bonds. The Kier molecular flexibility index (Phi) is 4.05. The fourth-order valence-corrected chi connectivity index (χ4v) is 2.34. The van der Waals surface area contributed by atoms with Gasteiger partial charge in [0.15, 0.2) is 0 Å². The first-order chi connectivity index (χ1) is 9.02. The molecule has 19 heavy (non-hydrogen) atoms. The van der Waals surface area contributed by atoms with Crippen LogP contribution in [0.5, 0.6) is 5.75 Å². The van der Waals surface area contributed by atoms with Gasteiger partial charge in [-0.3, -0.25) is 0 Å². The Balaban J connectivity index is 2.10. The molecule has 0 aliphatic rings. The number of methoxy groups -OCH3 is 1. The monoisotopic (exact) mass is 278 g/mol. The highest BCUT2D eigenvalue weighted by molar-refractivity contribution is 6.32. The van der Waals surface area contributed by atoms with Crippen LogP contribution in [-0.4, -0.2) is 11.7 Å². The van der Waals surface area contributed by atoms with Crippen molar-refractivity contribution in [3.63, 3.8) is 0 Å². The summed E-state index contributed by atoms with van der Waals surface area (Å²) in [6.07, 6.45) is 0. The maximum atomic E-state index is 6.10. The third kappa shape index (κ3) is 2.87. The molecule has 4 heteroatoms. The summed E-state index contributed by atoms with van der Waals surface area (Å²) in [7, 11) is 3.70. The second kappa shape index (κ2) is 5.57. The molecular formula is C15H19ClN2O. The van der Waals surface area contributed by atoms with E-state index in [9.17, 15) is 0 Å². The number of ether oxygens (including phenoxy) is 1. The molecule has 0 bridgehead atoms. The third-order valence-electron chi connectivity index (χ3n) is 3.51. The smallest absolute Gasteiger partial charge is 0.137 e. The standard InChI is InChI=1S/C15H19ClN2O/c1-10-7-12(11(2)18(10)3)9-17-13-5-6-15(19-4)14(16)8-13/h5-8,17H,9H2,1-4H3. The summed E-state index contributed by atoms with van der Waals surface area (Å²) in [6, 6.07) is 7.92. The van der Waals surface area contributed by atoms with Crippen molar-refractivity contribution < 1.29 is 4.74 Å². The zero-order chi connectivity index (χ0) is 14.0. The lowest BCUT2D eigenvalue weighted by molar-refractivity contribution is 0.415. The lowest BCUT2D eigenvalue weighted by atomic mass is 10.2. The van der Waals surface area contributed by atoms with E-state index in [2.05, 4.69) is 36.8 Å². The predicted octanol–water partition coefficient (Wildman–Crippen LogP) is 3.92. The van der Waals surface area contributed by atoms with Crippen LogP contribution in [0.2, 0.25) is 5.02 Å². The van der Waals surface area contributed by atoms with Gasteiger partial charge in [-0.2, -0.15) is 0 Å². The lowest BCUT2D eigenvalue weighted by Gasteiger charge is -2.09. The molecule has 0 radical (unpaired) electrons. The summed E-state index contributed by atoms with van der Waals surface area (Å²) in [5.41, 5.74) is 4.84. The molecule has 3 nitrogen and oxygen atoms in total. The summed E-state index contributed by atoms with van der Waals surface area (Å²) in [5.74, 6) is 0.693. The van der Waals surface area contributed by atoms with E-state index in [0.717, 1.165) is 12.2 Å². The third-order valence-corrected chi connectivity index (χ3v) is 3.81.